The zero-order valence-electron chi connectivity index (χ0n) is 11.8. The van der Waals surface area contributed by atoms with Gasteiger partial charge in [0, 0.05) is 38.0 Å². The predicted molar refractivity (Wildman–Crippen MR) is 79.4 cm³/mol. The molecule has 0 heterocycles. The maximum atomic E-state index is 13.3. The minimum absolute atomic E-state index is 0.190. The van der Waals surface area contributed by atoms with E-state index < -0.39 is 0 Å². The average Bonchev–Trinajstić information content (AvgIpc) is 2.46. The van der Waals surface area contributed by atoms with Crippen molar-refractivity contribution in [3.05, 3.63) is 59.4 Å². The van der Waals surface area contributed by atoms with E-state index in [-0.39, 0.29) is 12.4 Å². The highest BCUT2D eigenvalue weighted by atomic mass is 19.1. The minimum atomic E-state index is -0.272. The Bertz CT molecular complexity index is 584. The largest absolute Gasteiger partial charge is 0.489 e. The van der Waals surface area contributed by atoms with Gasteiger partial charge in [0.2, 0.25) is 0 Å². The van der Waals surface area contributed by atoms with E-state index in [4.69, 9.17) is 10.5 Å². The molecule has 0 spiro atoms. The first-order valence-electron chi connectivity index (χ1n) is 6.47. The van der Waals surface area contributed by atoms with Crippen LogP contribution in [0.3, 0.4) is 0 Å². The molecule has 4 heteroatoms. The van der Waals surface area contributed by atoms with Gasteiger partial charge < -0.3 is 15.4 Å². The number of hydrogen-bond acceptors (Lipinski definition) is 3. The van der Waals surface area contributed by atoms with E-state index in [1.165, 1.54) is 6.07 Å². The topological polar surface area (TPSA) is 38.5 Å². The van der Waals surface area contributed by atoms with E-state index in [0.717, 1.165) is 17.0 Å². The van der Waals surface area contributed by atoms with Gasteiger partial charge in [0.05, 0.1) is 0 Å². The molecular formula is C16H19FN2O. The predicted octanol–water partition coefficient (Wildman–Crippen LogP) is 2.93. The number of ether oxygens (including phenoxy) is 1. The summed E-state index contributed by atoms with van der Waals surface area (Å²) in [4.78, 5) is 2.01. The highest BCUT2D eigenvalue weighted by Gasteiger charge is 2.03. The third kappa shape index (κ3) is 3.48. The van der Waals surface area contributed by atoms with Crippen LogP contribution in [-0.4, -0.2) is 14.1 Å². The van der Waals surface area contributed by atoms with Crippen LogP contribution < -0.4 is 15.4 Å². The molecular weight excluding hydrogens is 255 g/mol. The average molecular weight is 274 g/mol. The Labute approximate surface area is 118 Å². The van der Waals surface area contributed by atoms with E-state index in [0.29, 0.717) is 12.2 Å². The lowest BCUT2D eigenvalue weighted by Crippen LogP contribution is -2.08. The molecule has 0 saturated carbocycles. The van der Waals surface area contributed by atoms with Gasteiger partial charge in [-0.15, -0.1) is 0 Å². The summed E-state index contributed by atoms with van der Waals surface area (Å²) in [5.41, 5.74) is 7.98. The molecule has 2 aromatic carbocycles. The van der Waals surface area contributed by atoms with Crippen LogP contribution in [-0.2, 0) is 13.2 Å². The quantitative estimate of drug-likeness (QED) is 0.911. The van der Waals surface area contributed by atoms with Crippen LogP contribution in [0.1, 0.15) is 11.1 Å². The van der Waals surface area contributed by atoms with Crippen molar-refractivity contribution in [2.45, 2.75) is 13.2 Å². The van der Waals surface area contributed by atoms with Crippen molar-refractivity contribution < 1.29 is 9.13 Å². The Balaban J connectivity index is 2.07. The molecule has 0 aromatic heterocycles. The first kappa shape index (κ1) is 14.3. The number of halogens is 1. The summed E-state index contributed by atoms with van der Waals surface area (Å²) in [6.45, 7) is 0.583. The van der Waals surface area contributed by atoms with E-state index in [1.54, 1.807) is 12.1 Å². The fourth-order valence-electron chi connectivity index (χ4n) is 1.89. The van der Waals surface area contributed by atoms with Crippen LogP contribution in [0, 0.1) is 5.82 Å². The summed E-state index contributed by atoms with van der Waals surface area (Å²) < 4.78 is 19.1. The number of nitrogens with two attached hydrogens (primary N) is 1. The maximum Gasteiger partial charge on any atom is 0.127 e. The number of anilines is 1. The van der Waals surface area contributed by atoms with Crippen molar-refractivity contribution in [3.63, 3.8) is 0 Å². The smallest absolute Gasteiger partial charge is 0.127 e. The van der Waals surface area contributed by atoms with E-state index in [9.17, 15) is 4.39 Å². The van der Waals surface area contributed by atoms with E-state index >= 15 is 0 Å². The number of rotatable bonds is 5. The zero-order chi connectivity index (χ0) is 14.5. The lowest BCUT2D eigenvalue weighted by Gasteiger charge is -2.14. The molecule has 20 heavy (non-hydrogen) atoms. The minimum Gasteiger partial charge on any atom is -0.489 e. The molecule has 0 amide bonds. The fourth-order valence-corrected chi connectivity index (χ4v) is 1.89. The molecule has 0 aliphatic heterocycles. The summed E-state index contributed by atoms with van der Waals surface area (Å²) >= 11 is 0. The summed E-state index contributed by atoms with van der Waals surface area (Å²) in [6, 6.07) is 12.7. The lowest BCUT2D eigenvalue weighted by atomic mass is 10.1. The molecule has 0 fully saturated rings. The molecule has 0 unspecified atom stereocenters. The molecule has 0 atom stereocenters. The molecule has 0 aliphatic rings. The van der Waals surface area contributed by atoms with Gasteiger partial charge >= 0.3 is 0 Å². The fraction of sp³-hybridized carbons (Fsp3) is 0.250. The van der Waals surface area contributed by atoms with Gasteiger partial charge in [-0.2, -0.15) is 0 Å². The molecule has 0 aliphatic carbocycles. The van der Waals surface area contributed by atoms with Crippen molar-refractivity contribution in [3.8, 4) is 5.75 Å². The summed E-state index contributed by atoms with van der Waals surface area (Å²) in [5, 5.41) is 0. The lowest BCUT2D eigenvalue weighted by molar-refractivity contribution is 0.306. The number of nitrogens with zero attached hydrogens (tertiary/aromatic N) is 1. The van der Waals surface area contributed by atoms with Crippen molar-refractivity contribution in [1.29, 1.82) is 0 Å². The Morgan fingerprint density at radius 2 is 1.95 bits per heavy atom. The Morgan fingerprint density at radius 1 is 1.15 bits per heavy atom. The van der Waals surface area contributed by atoms with Crippen LogP contribution in [0.25, 0.3) is 0 Å². The van der Waals surface area contributed by atoms with Crippen LogP contribution in [0.5, 0.6) is 5.75 Å². The summed E-state index contributed by atoms with van der Waals surface area (Å²) in [7, 11) is 3.96. The van der Waals surface area contributed by atoms with Crippen LogP contribution in [0.15, 0.2) is 42.5 Å². The third-order valence-electron chi connectivity index (χ3n) is 3.07. The van der Waals surface area contributed by atoms with Crippen molar-refractivity contribution in [2.75, 3.05) is 19.0 Å². The second-order valence-electron chi connectivity index (χ2n) is 4.81. The number of benzene rings is 2. The monoisotopic (exact) mass is 274 g/mol. The Morgan fingerprint density at radius 3 is 2.65 bits per heavy atom. The Kier molecular flexibility index (Phi) is 4.58. The van der Waals surface area contributed by atoms with E-state index in [2.05, 4.69) is 0 Å². The molecule has 2 N–H and O–H groups in total. The number of hydrogen-bond donors (Lipinski definition) is 1. The van der Waals surface area contributed by atoms with Gasteiger partial charge in [-0.1, -0.05) is 12.1 Å². The normalized spacial score (nSPS) is 10.4. The molecule has 0 radical (unpaired) electrons. The first-order chi connectivity index (χ1) is 9.60. The summed E-state index contributed by atoms with van der Waals surface area (Å²) in [5.74, 6) is 0.515. The highest BCUT2D eigenvalue weighted by molar-refractivity contribution is 5.49. The molecule has 106 valence electrons. The van der Waals surface area contributed by atoms with Gasteiger partial charge in [-0.05, 0) is 29.8 Å². The maximum absolute atomic E-state index is 13.3. The van der Waals surface area contributed by atoms with Crippen LogP contribution >= 0.6 is 0 Å². The van der Waals surface area contributed by atoms with Crippen LogP contribution in [0.4, 0.5) is 10.1 Å². The second-order valence-corrected chi connectivity index (χ2v) is 4.81. The zero-order valence-corrected chi connectivity index (χ0v) is 11.8. The van der Waals surface area contributed by atoms with Gasteiger partial charge in [0.15, 0.2) is 0 Å². The molecule has 2 rings (SSSR count). The first-order valence-corrected chi connectivity index (χ1v) is 6.47. The second kappa shape index (κ2) is 6.39. The standard InChI is InChI=1S/C16H19FN2O/c1-19(2)14-4-3-5-15(9-14)20-11-12-6-7-16(17)13(8-12)10-18/h3-9H,10-11,18H2,1-2H3. The Hall–Kier alpha value is -2.07. The van der Waals surface area contributed by atoms with Crippen LogP contribution in [0.2, 0.25) is 0 Å². The third-order valence-corrected chi connectivity index (χ3v) is 3.07. The van der Waals surface area contributed by atoms with Gasteiger partial charge in [0.25, 0.3) is 0 Å². The van der Waals surface area contributed by atoms with Crippen molar-refractivity contribution >= 4 is 5.69 Å². The van der Waals surface area contributed by atoms with Gasteiger partial charge in [0.1, 0.15) is 18.2 Å². The van der Waals surface area contributed by atoms with Gasteiger partial charge in [-0.3, -0.25) is 0 Å². The summed E-state index contributed by atoms with van der Waals surface area (Å²) in [6.07, 6.45) is 0. The van der Waals surface area contributed by atoms with E-state index in [1.807, 2.05) is 43.3 Å². The molecule has 0 saturated heterocycles. The van der Waals surface area contributed by atoms with Gasteiger partial charge in [-0.25, -0.2) is 4.39 Å². The van der Waals surface area contributed by atoms with Crippen molar-refractivity contribution in [1.82, 2.24) is 0 Å². The SMILES string of the molecule is CN(C)c1cccc(OCc2ccc(F)c(CN)c2)c1. The molecule has 0 bridgehead atoms. The highest BCUT2D eigenvalue weighted by Crippen LogP contribution is 2.20. The van der Waals surface area contributed by atoms with Crippen molar-refractivity contribution in [2.24, 2.45) is 5.73 Å². The molecule has 3 nitrogen and oxygen atoms in total. The molecule has 2 aromatic rings.